The van der Waals surface area contributed by atoms with E-state index in [0.29, 0.717) is 0 Å². The first-order chi connectivity index (χ1) is 7.31. The molecule has 88 valence electrons. The second-order valence-corrected chi connectivity index (χ2v) is 5.20. The third-order valence-electron chi connectivity index (χ3n) is 4.04. The number of nitrogens with two attached hydrogens (primary N) is 1. The Balaban J connectivity index is 1.70. The van der Waals surface area contributed by atoms with Crippen molar-refractivity contribution in [2.75, 3.05) is 45.8 Å². The first-order valence-corrected chi connectivity index (χ1v) is 6.46. The zero-order valence-corrected chi connectivity index (χ0v) is 9.99. The molecule has 2 unspecified atom stereocenters. The van der Waals surface area contributed by atoms with Crippen molar-refractivity contribution < 1.29 is 0 Å². The third kappa shape index (κ3) is 2.92. The summed E-state index contributed by atoms with van der Waals surface area (Å²) in [5.41, 5.74) is 5.71. The maximum Gasteiger partial charge on any atom is 0.00225 e. The van der Waals surface area contributed by atoms with E-state index in [9.17, 15) is 0 Å². The topological polar surface area (TPSA) is 32.5 Å². The van der Waals surface area contributed by atoms with E-state index in [-0.39, 0.29) is 0 Å². The van der Waals surface area contributed by atoms with Crippen LogP contribution in [-0.2, 0) is 0 Å². The van der Waals surface area contributed by atoms with Crippen molar-refractivity contribution in [2.24, 2.45) is 17.6 Å². The molecule has 2 heterocycles. The monoisotopic (exact) mass is 211 g/mol. The molecule has 0 bridgehead atoms. The second-order valence-electron chi connectivity index (χ2n) is 5.20. The molecule has 2 aliphatic rings. The molecule has 0 aromatic carbocycles. The van der Waals surface area contributed by atoms with Crippen LogP contribution in [-0.4, -0.2) is 55.6 Å². The lowest BCUT2D eigenvalue weighted by Crippen LogP contribution is -2.30. The van der Waals surface area contributed by atoms with Crippen LogP contribution in [0.5, 0.6) is 0 Å². The van der Waals surface area contributed by atoms with Crippen LogP contribution in [0.3, 0.4) is 0 Å². The quantitative estimate of drug-likeness (QED) is 0.739. The smallest absolute Gasteiger partial charge is 0.00225 e. The molecule has 2 atom stereocenters. The first kappa shape index (κ1) is 11.4. The molecule has 0 saturated carbocycles. The van der Waals surface area contributed by atoms with E-state index in [1.54, 1.807) is 0 Å². The normalized spacial score (nSPS) is 34.0. The van der Waals surface area contributed by atoms with Crippen molar-refractivity contribution in [2.45, 2.75) is 19.8 Å². The third-order valence-corrected chi connectivity index (χ3v) is 4.04. The van der Waals surface area contributed by atoms with E-state index in [4.69, 9.17) is 5.73 Å². The van der Waals surface area contributed by atoms with Crippen LogP contribution in [0.2, 0.25) is 0 Å². The van der Waals surface area contributed by atoms with Crippen molar-refractivity contribution in [1.82, 2.24) is 9.80 Å². The van der Waals surface area contributed by atoms with Gasteiger partial charge in [-0.15, -0.1) is 0 Å². The standard InChI is InChI=1S/C12H25N3/c1-2-14-5-4-12(9-14)10-15-6-3-11(7-13)8-15/h11-12H,2-10,13H2,1H3. The molecule has 0 aliphatic carbocycles. The van der Waals surface area contributed by atoms with Crippen molar-refractivity contribution >= 4 is 0 Å². The highest BCUT2D eigenvalue weighted by atomic mass is 15.2. The van der Waals surface area contributed by atoms with E-state index < -0.39 is 0 Å². The lowest BCUT2D eigenvalue weighted by atomic mass is 10.1. The Labute approximate surface area is 93.6 Å². The van der Waals surface area contributed by atoms with Gasteiger partial charge in [-0.1, -0.05) is 6.92 Å². The average molecular weight is 211 g/mol. The van der Waals surface area contributed by atoms with Crippen molar-refractivity contribution in [3.05, 3.63) is 0 Å². The van der Waals surface area contributed by atoms with Gasteiger partial charge in [0.25, 0.3) is 0 Å². The van der Waals surface area contributed by atoms with Crippen LogP contribution in [0, 0.1) is 11.8 Å². The molecule has 3 nitrogen and oxygen atoms in total. The molecule has 0 aromatic heterocycles. The van der Waals surface area contributed by atoms with Gasteiger partial charge in [-0.2, -0.15) is 0 Å². The Morgan fingerprint density at radius 1 is 1.07 bits per heavy atom. The molecule has 2 saturated heterocycles. The summed E-state index contributed by atoms with van der Waals surface area (Å²) >= 11 is 0. The van der Waals surface area contributed by atoms with Crippen LogP contribution >= 0.6 is 0 Å². The number of hydrogen-bond donors (Lipinski definition) is 1. The van der Waals surface area contributed by atoms with Crippen molar-refractivity contribution in [3.63, 3.8) is 0 Å². The van der Waals surface area contributed by atoms with E-state index in [0.717, 1.165) is 18.4 Å². The van der Waals surface area contributed by atoms with Crippen molar-refractivity contribution in [1.29, 1.82) is 0 Å². The van der Waals surface area contributed by atoms with Gasteiger partial charge < -0.3 is 15.5 Å². The largest absolute Gasteiger partial charge is 0.330 e. The van der Waals surface area contributed by atoms with E-state index >= 15 is 0 Å². The molecule has 0 spiro atoms. The Bertz CT molecular complexity index is 175. The van der Waals surface area contributed by atoms with Crippen LogP contribution < -0.4 is 5.73 Å². The van der Waals surface area contributed by atoms with Gasteiger partial charge in [0.15, 0.2) is 0 Å². The Kier molecular flexibility index (Phi) is 4.00. The van der Waals surface area contributed by atoms with Crippen LogP contribution in [0.1, 0.15) is 19.8 Å². The Morgan fingerprint density at radius 3 is 2.33 bits per heavy atom. The summed E-state index contributed by atoms with van der Waals surface area (Å²) in [5.74, 6) is 1.69. The highest BCUT2D eigenvalue weighted by Crippen LogP contribution is 2.21. The maximum absolute atomic E-state index is 5.71. The van der Waals surface area contributed by atoms with Gasteiger partial charge in [-0.3, -0.25) is 0 Å². The molecule has 0 amide bonds. The fraction of sp³-hybridized carbons (Fsp3) is 1.00. The van der Waals surface area contributed by atoms with Gasteiger partial charge in [0.1, 0.15) is 0 Å². The highest BCUT2D eigenvalue weighted by molar-refractivity contribution is 4.82. The predicted octanol–water partition coefficient (Wildman–Crippen LogP) is 0.609. The number of hydrogen-bond acceptors (Lipinski definition) is 3. The molecule has 0 radical (unpaired) electrons. The summed E-state index contributed by atoms with van der Waals surface area (Å²) < 4.78 is 0. The molecular weight excluding hydrogens is 186 g/mol. The fourth-order valence-corrected chi connectivity index (χ4v) is 2.99. The number of nitrogens with zero attached hydrogens (tertiary/aromatic N) is 2. The minimum Gasteiger partial charge on any atom is -0.330 e. The predicted molar refractivity (Wildman–Crippen MR) is 63.8 cm³/mol. The van der Waals surface area contributed by atoms with Crippen LogP contribution in [0.4, 0.5) is 0 Å². The minimum atomic E-state index is 0.772. The molecular formula is C12H25N3. The van der Waals surface area contributed by atoms with E-state index in [2.05, 4.69) is 16.7 Å². The number of rotatable bonds is 4. The Hall–Kier alpha value is -0.120. The van der Waals surface area contributed by atoms with E-state index in [1.165, 1.54) is 52.1 Å². The fourth-order valence-electron chi connectivity index (χ4n) is 2.99. The summed E-state index contributed by atoms with van der Waals surface area (Å²) in [6, 6.07) is 0. The Morgan fingerprint density at radius 2 is 1.73 bits per heavy atom. The van der Waals surface area contributed by atoms with Crippen LogP contribution in [0.15, 0.2) is 0 Å². The van der Waals surface area contributed by atoms with Gasteiger partial charge in [0, 0.05) is 19.6 Å². The summed E-state index contributed by atoms with van der Waals surface area (Å²) in [7, 11) is 0. The zero-order chi connectivity index (χ0) is 10.7. The van der Waals surface area contributed by atoms with Gasteiger partial charge in [0.2, 0.25) is 0 Å². The van der Waals surface area contributed by atoms with Crippen LogP contribution in [0.25, 0.3) is 0 Å². The lowest BCUT2D eigenvalue weighted by Gasteiger charge is -2.20. The summed E-state index contributed by atoms with van der Waals surface area (Å²) in [6.45, 7) is 10.8. The molecule has 2 rings (SSSR count). The molecule has 3 heteroatoms. The summed E-state index contributed by atoms with van der Waals surface area (Å²) in [6.07, 6.45) is 2.72. The molecule has 2 N–H and O–H groups in total. The van der Waals surface area contributed by atoms with Gasteiger partial charge in [-0.25, -0.2) is 0 Å². The average Bonchev–Trinajstić information content (AvgIpc) is 2.87. The zero-order valence-electron chi connectivity index (χ0n) is 9.99. The summed E-state index contributed by atoms with van der Waals surface area (Å²) in [4.78, 5) is 5.20. The van der Waals surface area contributed by atoms with E-state index in [1.807, 2.05) is 0 Å². The number of likely N-dealkylation sites (tertiary alicyclic amines) is 2. The lowest BCUT2D eigenvalue weighted by molar-refractivity contribution is 0.261. The molecule has 2 fully saturated rings. The maximum atomic E-state index is 5.71. The molecule has 2 aliphatic heterocycles. The minimum absolute atomic E-state index is 0.772. The molecule has 0 aromatic rings. The highest BCUT2D eigenvalue weighted by Gasteiger charge is 2.27. The van der Waals surface area contributed by atoms with Gasteiger partial charge >= 0.3 is 0 Å². The second kappa shape index (κ2) is 5.28. The van der Waals surface area contributed by atoms with Gasteiger partial charge in [-0.05, 0) is 50.9 Å². The van der Waals surface area contributed by atoms with Crippen molar-refractivity contribution in [3.8, 4) is 0 Å². The summed E-state index contributed by atoms with van der Waals surface area (Å²) in [5, 5.41) is 0. The molecule has 15 heavy (non-hydrogen) atoms. The first-order valence-electron chi connectivity index (χ1n) is 6.46. The van der Waals surface area contributed by atoms with Gasteiger partial charge in [0.05, 0.1) is 0 Å². The SMILES string of the molecule is CCN1CCC(CN2CCC(CN)C2)C1.